The average Bonchev–Trinajstić information content (AvgIpc) is 2.30. The molecule has 0 spiro atoms. The molecule has 0 bridgehead atoms. The van der Waals surface area contributed by atoms with Gasteiger partial charge in [-0.2, -0.15) is 5.10 Å². The van der Waals surface area contributed by atoms with Crippen LogP contribution in [0, 0.1) is 5.92 Å². The van der Waals surface area contributed by atoms with Gasteiger partial charge in [-0.15, -0.1) is 0 Å². The Labute approximate surface area is 112 Å². The van der Waals surface area contributed by atoms with Gasteiger partial charge >= 0.3 is 0 Å². The Morgan fingerprint density at radius 2 is 2.28 bits per heavy atom. The van der Waals surface area contributed by atoms with Gasteiger partial charge in [-0.3, -0.25) is 4.79 Å². The van der Waals surface area contributed by atoms with Gasteiger partial charge in [0.1, 0.15) is 5.69 Å². The van der Waals surface area contributed by atoms with Gasteiger partial charge in [0.25, 0.3) is 5.56 Å². The highest BCUT2D eigenvalue weighted by atomic mass is 35.5. The molecule has 1 fully saturated rings. The standard InChI is InChI=1S/C12H19ClN4O/c1-14-5-6-15-11-10(13)7-16-17(12(11)18)8-9-3-2-4-9/h7,9,14-15H,2-6,8H2,1H3. The lowest BCUT2D eigenvalue weighted by molar-refractivity contribution is 0.262. The number of likely N-dealkylation sites (N-methyl/N-ethyl adjacent to an activating group) is 1. The summed E-state index contributed by atoms with van der Waals surface area (Å²) >= 11 is 6.01. The van der Waals surface area contributed by atoms with E-state index in [1.165, 1.54) is 23.9 Å². The van der Waals surface area contributed by atoms with Crippen LogP contribution in [0.25, 0.3) is 0 Å². The Bertz CT molecular complexity index is 456. The van der Waals surface area contributed by atoms with Gasteiger partial charge in [0, 0.05) is 19.6 Å². The molecule has 1 aromatic rings. The van der Waals surface area contributed by atoms with Crippen LogP contribution in [0.2, 0.25) is 5.02 Å². The van der Waals surface area contributed by atoms with E-state index in [9.17, 15) is 4.79 Å². The fourth-order valence-corrected chi connectivity index (χ4v) is 2.18. The zero-order chi connectivity index (χ0) is 13.0. The van der Waals surface area contributed by atoms with Crippen LogP contribution in [0.15, 0.2) is 11.0 Å². The number of hydrogen-bond acceptors (Lipinski definition) is 4. The van der Waals surface area contributed by atoms with Crippen LogP contribution in [0.5, 0.6) is 0 Å². The van der Waals surface area contributed by atoms with E-state index < -0.39 is 0 Å². The van der Waals surface area contributed by atoms with Crippen molar-refractivity contribution >= 4 is 17.3 Å². The smallest absolute Gasteiger partial charge is 0.291 e. The maximum atomic E-state index is 12.2. The molecule has 0 aromatic carbocycles. The third-order valence-electron chi connectivity index (χ3n) is 3.33. The van der Waals surface area contributed by atoms with E-state index in [1.807, 2.05) is 7.05 Å². The number of aromatic nitrogens is 2. The molecular formula is C12H19ClN4O. The molecule has 1 aromatic heterocycles. The Morgan fingerprint density at radius 3 is 2.89 bits per heavy atom. The minimum absolute atomic E-state index is 0.120. The third-order valence-corrected chi connectivity index (χ3v) is 3.62. The van der Waals surface area contributed by atoms with Crippen molar-refractivity contribution in [1.29, 1.82) is 0 Å². The largest absolute Gasteiger partial charge is 0.378 e. The summed E-state index contributed by atoms with van der Waals surface area (Å²) in [6.07, 6.45) is 5.20. The van der Waals surface area contributed by atoms with E-state index in [0.717, 1.165) is 6.54 Å². The molecule has 100 valence electrons. The normalized spacial score (nSPS) is 15.4. The molecule has 18 heavy (non-hydrogen) atoms. The minimum Gasteiger partial charge on any atom is -0.378 e. The lowest BCUT2D eigenvalue weighted by atomic mass is 9.85. The molecule has 1 aliphatic rings. The fraction of sp³-hybridized carbons (Fsp3) is 0.667. The van der Waals surface area contributed by atoms with Crippen molar-refractivity contribution in [3.8, 4) is 0 Å². The highest BCUT2D eigenvalue weighted by Gasteiger charge is 2.20. The Balaban J connectivity index is 2.11. The molecule has 0 aliphatic heterocycles. The summed E-state index contributed by atoms with van der Waals surface area (Å²) in [6, 6.07) is 0. The third kappa shape index (κ3) is 3.03. The van der Waals surface area contributed by atoms with Crippen molar-refractivity contribution in [2.75, 3.05) is 25.5 Å². The predicted octanol–water partition coefficient (Wildman–Crippen LogP) is 1.33. The summed E-state index contributed by atoms with van der Waals surface area (Å²) in [6.45, 7) is 2.15. The summed E-state index contributed by atoms with van der Waals surface area (Å²) < 4.78 is 1.53. The predicted molar refractivity (Wildman–Crippen MR) is 73.3 cm³/mol. The van der Waals surface area contributed by atoms with Gasteiger partial charge in [0.2, 0.25) is 0 Å². The van der Waals surface area contributed by atoms with Crippen molar-refractivity contribution < 1.29 is 0 Å². The van der Waals surface area contributed by atoms with E-state index in [0.29, 0.717) is 29.7 Å². The maximum absolute atomic E-state index is 12.2. The average molecular weight is 271 g/mol. The second-order valence-corrected chi connectivity index (χ2v) is 5.09. The number of rotatable bonds is 6. The second kappa shape index (κ2) is 6.20. The Kier molecular flexibility index (Phi) is 4.60. The summed E-state index contributed by atoms with van der Waals surface area (Å²) in [4.78, 5) is 12.2. The van der Waals surface area contributed by atoms with Gasteiger partial charge in [0.05, 0.1) is 11.2 Å². The van der Waals surface area contributed by atoms with Crippen molar-refractivity contribution in [2.24, 2.45) is 5.92 Å². The monoisotopic (exact) mass is 270 g/mol. The lowest BCUT2D eigenvalue weighted by Gasteiger charge is -2.25. The number of nitrogens with zero attached hydrogens (tertiary/aromatic N) is 2. The Hall–Kier alpha value is -1.07. The van der Waals surface area contributed by atoms with Crippen LogP contribution in [-0.4, -0.2) is 29.9 Å². The summed E-state index contributed by atoms with van der Waals surface area (Å²) in [5, 5.41) is 10.6. The molecule has 1 saturated carbocycles. The van der Waals surface area contributed by atoms with Gasteiger partial charge < -0.3 is 10.6 Å². The molecule has 1 heterocycles. The van der Waals surface area contributed by atoms with E-state index in [4.69, 9.17) is 11.6 Å². The van der Waals surface area contributed by atoms with Crippen LogP contribution in [-0.2, 0) is 6.54 Å². The minimum atomic E-state index is -0.120. The molecule has 5 nitrogen and oxygen atoms in total. The van der Waals surface area contributed by atoms with E-state index >= 15 is 0 Å². The quantitative estimate of drug-likeness (QED) is 0.766. The van der Waals surface area contributed by atoms with Crippen molar-refractivity contribution in [1.82, 2.24) is 15.1 Å². The molecule has 0 atom stereocenters. The number of nitrogens with one attached hydrogen (secondary N) is 2. The first-order valence-electron chi connectivity index (χ1n) is 6.36. The molecule has 2 N–H and O–H groups in total. The molecule has 1 aliphatic carbocycles. The first-order chi connectivity index (χ1) is 8.72. The van der Waals surface area contributed by atoms with Crippen molar-refractivity contribution in [3.05, 3.63) is 21.6 Å². The van der Waals surface area contributed by atoms with Gasteiger partial charge in [0.15, 0.2) is 0 Å². The molecule has 0 unspecified atom stereocenters. The van der Waals surface area contributed by atoms with Gasteiger partial charge in [-0.05, 0) is 25.8 Å². The summed E-state index contributed by atoms with van der Waals surface area (Å²) in [7, 11) is 1.87. The fourth-order valence-electron chi connectivity index (χ4n) is 1.99. The molecule has 0 saturated heterocycles. The van der Waals surface area contributed by atoms with Crippen molar-refractivity contribution in [3.63, 3.8) is 0 Å². The molecular weight excluding hydrogens is 252 g/mol. The number of halogens is 1. The van der Waals surface area contributed by atoms with Crippen LogP contribution in [0.1, 0.15) is 19.3 Å². The molecule has 2 rings (SSSR count). The van der Waals surface area contributed by atoms with Crippen LogP contribution < -0.4 is 16.2 Å². The molecule has 0 amide bonds. The highest BCUT2D eigenvalue weighted by molar-refractivity contribution is 6.32. The number of anilines is 1. The van der Waals surface area contributed by atoms with Crippen LogP contribution in [0.3, 0.4) is 0 Å². The molecule has 6 heteroatoms. The van der Waals surface area contributed by atoms with E-state index in [2.05, 4.69) is 15.7 Å². The summed E-state index contributed by atoms with van der Waals surface area (Å²) in [5.41, 5.74) is 0.340. The highest BCUT2D eigenvalue weighted by Crippen LogP contribution is 2.27. The van der Waals surface area contributed by atoms with Crippen molar-refractivity contribution in [2.45, 2.75) is 25.8 Å². The van der Waals surface area contributed by atoms with Crippen LogP contribution in [0.4, 0.5) is 5.69 Å². The zero-order valence-corrected chi connectivity index (χ0v) is 11.3. The number of hydrogen-bond donors (Lipinski definition) is 2. The van der Waals surface area contributed by atoms with Gasteiger partial charge in [-0.25, -0.2) is 4.68 Å². The zero-order valence-electron chi connectivity index (χ0n) is 10.6. The Morgan fingerprint density at radius 1 is 1.50 bits per heavy atom. The van der Waals surface area contributed by atoms with E-state index in [1.54, 1.807) is 6.20 Å². The summed E-state index contributed by atoms with van der Waals surface area (Å²) in [5.74, 6) is 0.599. The van der Waals surface area contributed by atoms with Gasteiger partial charge in [-0.1, -0.05) is 18.0 Å². The second-order valence-electron chi connectivity index (χ2n) is 4.68. The maximum Gasteiger partial charge on any atom is 0.291 e. The first kappa shape index (κ1) is 13.4. The lowest BCUT2D eigenvalue weighted by Crippen LogP contribution is -2.31. The topological polar surface area (TPSA) is 59.0 Å². The van der Waals surface area contributed by atoms with Crippen LogP contribution >= 0.6 is 11.6 Å². The van der Waals surface area contributed by atoms with E-state index in [-0.39, 0.29) is 5.56 Å². The first-order valence-corrected chi connectivity index (χ1v) is 6.74. The molecule has 0 radical (unpaired) electrons. The SMILES string of the molecule is CNCCNc1c(Cl)cnn(CC2CCC2)c1=O.